The fourth-order valence-corrected chi connectivity index (χ4v) is 3.02. The van der Waals surface area contributed by atoms with Gasteiger partial charge in [-0.05, 0) is 24.6 Å². The normalized spacial score (nSPS) is 23.4. The second-order valence-corrected chi connectivity index (χ2v) is 5.89. The van der Waals surface area contributed by atoms with Crippen LogP contribution in [-0.2, 0) is 6.54 Å². The molecular formula is C15H21ClN2O2. The first kappa shape index (κ1) is 14.0. The number of benzene rings is 1. The maximum absolute atomic E-state index is 6.34. The van der Waals surface area contributed by atoms with Gasteiger partial charge < -0.3 is 14.8 Å². The number of piperazine rings is 1. The van der Waals surface area contributed by atoms with E-state index in [0.717, 1.165) is 38.3 Å². The fourth-order valence-electron chi connectivity index (χ4n) is 2.73. The van der Waals surface area contributed by atoms with Crippen molar-refractivity contribution < 1.29 is 9.47 Å². The van der Waals surface area contributed by atoms with Gasteiger partial charge in [-0.1, -0.05) is 11.6 Å². The van der Waals surface area contributed by atoms with Crippen molar-refractivity contribution in [2.24, 2.45) is 0 Å². The molecule has 0 unspecified atom stereocenters. The predicted molar refractivity (Wildman–Crippen MR) is 79.8 cm³/mol. The number of hydrogen-bond donors (Lipinski definition) is 1. The van der Waals surface area contributed by atoms with Crippen LogP contribution >= 0.6 is 11.6 Å². The molecule has 1 aromatic rings. The molecule has 0 aliphatic carbocycles. The molecule has 1 atom stereocenters. The van der Waals surface area contributed by atoms with Crippen molar-refractivity contribution in [3.8, 4) is 11.5 Å². The Labute approximate surface area is 125 Å². The Hall–Kier alpha value is -0.970. The van der Waals surface area contributed by atoms with Crippen molar-refractivity contribution in [2.75, 3.05) is 32.8 Å². The van der Waals surface area contributed by atoms with Crippen molar-refractivity contribution >= 4 is 11.6 Å². The smallest absolute Gasteiger partial charge is 0.179 e. The second-order valence-electron chi connectivity index (χ2n) is 5.48. The second kappa shape index (κ2) is 6.20. The molecule has 2 aliphatic heterocycles. The number of fused-ring (bicyclic) bond motifs is 1. The van der Waals surface area contributed by atoms with Gasteiger partial charge in [0.25, 0.3) is 0 Å². The van der Waals surface area contributed by atoms with Crippen LogP contribution in [0.1, 0.15) is 18.9 Å². The van der Waals surface area contributed by atoms with Gasteiger partial charge in [0, 0.05) is 38.6 Å². The molecule has 1 aromatic carbocycles. The van der Waals surface area contributed by atoms with Gasteiger partial charge in [-0.3, -0.25) is 4.90 Å². The van der Waals surface area contributed by atoms with Crippen LogP contribution in [0, 0.1) is 0 Å². The van der Waals surface area contributed by atoms with Gasteiger partial charge in [-0.15, -0.1) is 0 Å². The lowest BCUT2D eigenvalue weighted by molar-refractivity contribution is 0.165. The summed E-state index contributed by atoms with van der Waals surface area (Å²) in [5, 5.41) is 4.06. The quantitative estimate of drug-likeness (QED) is 0.908. The molecule has 3 rings (SSSR count). The third kappa shape index (κ3) is 3.03. The summed E-state index contributed by atoms with van der Waals surface area (Å²) in [5.74, 6) is 1.48. The molecule has 20 heavy (non-hydrogen) atoms. The van der Waals surface area contributed by atoms with Gasteiger partial charge in [-0.2, -0.15) is 0 Å². The number of halogens is 1. The molecule has 1 N–H and O–H groups in total. The molecule has 0 bridgehead atoms. The van der Waals surface area contributed by atoms with Crippen LogP contribution in [0.2, 0.25) is 5.02 Å². The summed E-state index contributed by atoms with van der Waals surface area (Å²) in [6.07, 6.45) is 0.898. The van der Waals surface area contributed by atoms with Gasteiger partial charge in [0.05, 0.1) is 18.2 Å². The maximum atomic E-state index is 6.34. The van der Waals surface area contributed by atoms with Crippen LogP contribution in [0.25, 0.3) is 0 Å². The molecule has 110 valence electrons. The topological polar surface area (TPSA) is 33.7 Å². The van der Waals surface area contributed by atoms with Crippen LogP contribution in [0.3, 0.4) is 0 Å². The van der Waals surface area contributed by atoms with Gasteiger partial charge in [0.15, 0.2) is 11.5 Å². The third-order valence-corrected chi connectivity index (χ3v) is 4.17. The maximum Gasteiger partial charge on any atom is 0.179 e. The number of hydrogen-bond acceptors (Lipinski definition) is 4. The molecular weight excluding hydrogens is 276 g/mol. The Morgan fingerprint density at radius 3 is 3.05 bits per heavy atom. The van der Waals surface area contributed by atoms with Gasteiger partial charge >= 0.3 is 0 Å². The number of nitrogens with zero attached hydrogens (tertiary/aromatic N) is 1. The Morgan fingerprint density at radius 1 is 1.35 bits per heavy atom. The first-order valence-electron chi connectivity index (χ1n) is 7.27. The minimum Gasteiger partial charge on any atom is -0.489 e. The molecule has 2 aliphatic rings. The zero-order valence-electron chi connectivity index (χ0n) is 11.8. The highest BCUT2D eigenvalue weighted by Crippen LogP contribution is 2.38. The molecule has 5 heteroatoms. The third-order valence-electron chi connectivity index (χ3n) is 3.89. The zero-order chi connectivity index (χ0) is 13.9. The number of rotatable bonds is 2. The van der Waals surface area contributed by atoms with E-state index in [2.05, 4.69) is 23.2 Å². The van der Waals surface area contributed by atoms with E-state index in [0.29, 0.717) is 30.0 Å². The average molecular weight is 297 g/mol. The van der Waals surface area contributed by atoms with E-state index in [4.69, 9.17) is 21.1 Å². The molecule has 1 fully saturated rings. The molecule has 1 saturated heterocycles. The largest absolute Gasteiger partial charge is 0.489 e. The monoisotopic (exact) mass is 296 g/mol. The van der Waals surface area contributed by atoms with Crippen molar-refractivity contribution in [1.29, 1.82) is 0 Å². The Morgan fingerprint density at radius 2 is 2.20 bits per heavy atom. The summed E-state index contributed by atoms with van der Waals surface area (Å²) in [4.78, 5) is 2.46. The predicted octanol–water partition coefficient (Wildman–Crippen LogP) is 2.29. The van der Waals surface area contributed by atoms with E-state index < -0.39 is 0 Å². The molecule has 0 amide bonds. The van der Waals surface area contributed by atoms with Crippen molar-refractivity contribution in [3.05, 3.63) is 22.7 Å². The Kier molecular flexibility index (Phi) is 4.34. The van der Waals surface area contributed by atoms with Crippen LogP contribution < -0.4 is 14.8 Å². The van der Waals surface area contributed by atoms with Crippen LogP contribution in [0.5, 0.6) is 11.5 Å². The van der Waals surface area contributed by atoms with Crippen LogP contribution in [0.15, 0.2) is 12.1 Å². The first-order chi connectivity index (χ1) is 9.74. The van der Waals surface area contributed by atoms with E-state index in [-0.39, 0.29) is 0 Å². The fraction of sp³-hybridized carbons (Fsp3) is 0.600. The minimum absolute atomic E-state index is 0.540. The lowest BCUT2D eigenvalue weighted by Crippen LogP contribution is -2.49. The highest BCUT2D eigenvalue weighted by Gasteiger charge is 2.20. The summed E-state index contributed by atoms with van der Waals surface area (Å²) < 4.78 is 11.4. The SMILES string of the molecule is C[C@@H]1CNCCN1Cc1cc(Cl)c2c(c1)OCCCO2. The highest BCUT2D eigenvalue weighted by molar-refractivity contribution is 6.32. The van der Waals surface area contributed by atoms with Crippen LogP contribution in [0.4, 0.5) is 0 Å². The average Bonchev–Trinajstić information content (AvgIpc) is 2.67. The number of ether oxygens (including phenoxy) is 2. The van der Waals surface area contributed by atoms with Crippen molar-refractivity contribution in [3.63, 3.8) is 0 Å². The highest BCUT2D eigenvalue weighted by atomic mass is 35.5. The van der Waals surface area contributed by atoms with E-state index in [1.165, 1.54) is 5.56 Å². The van der Waals surface area contributed by atoms with Crippen molar-refractivity contribution in [1.82, 2.24) is 10.2 Å². The van der Waals surface area contributed by atoms with Gasteiger partial charge in [0.1, 0.15) is 0 Å². The summed E-state index contributed by atoms with van der Waals surface area (Å²) in [6.45, 7) is 7.65. The Bertz CT molecular complexity index is 481. The van der Waals surface area contributed by atoms with E-state index in [9.17, 15) is 0 Å². The molecule has 0 spiro atoms. The van der Waals surface area contributed by atoms with Crippen molar-refractivity contribution in [2.45, 2.75) is 25.9 Å². The van der Waals surface area contributed by atoms with Gasteiger partial charge in [-0.25, -0.2) is 0 Å². The minimum atomic E-state index is 0.540. The summed E-state index contributed by atoms with van der Waals surface area (Å²) in [5.41, 5.74) is 1.19. The first-order valence-corrected chi connectivity index (χ1v) is 7.64. The zero-order valence-corrected chi connectivity index (χ0v) is 12.6. The lowest BCUT2D eigenvalue weighted by atomic mass is 10.1. The standard InChI is InChI=1S/C15H21ClN2O2/c1-11-9-17-3-4-18(11)10-12-7-13(16)15-14(8-12)19-5-2-6-20-15/h7-8,11,17H,2-6,9-10H2,1H3/t11-/m1/s1. The van der Waals surface area contributed by atoms with E-state index >= 15 is 0 Å². The molecule has 0 aromatic heterocycles. The molecule has 4 nitrogen and oxygen atoms in total. The van der Waals surface area contributed by atoms with Crippen LogP contribution in [-0.4, -0.2) is 43.8 Å². The molecule has 0 radical (unpaired) electrons. The number of nitrogens with one attached hydrogen (secondary N) is 1. The molecule has 2 heterocycles. The Balaban J connectivity index is 1.80. The summed E-state index contributed by atoms with van der Waals surface area (Å²) in [6, 6.07) is 4.61. The van der Waals surface area contributed by atoms with E-state index in [1.54, 1.807) is 0 Å². The summed E-state index contributed by atoms with van der Waals surface area (Å²) in [7, 11) is 0. The molecule has 0 saturated carbocycles. The summed E-state index contributed by atoms with van der Waals surface area (Å²) >= 11 is 6.34. The van der Waals surface area contributed by atoms with E-state index in [1.807, 2.05) is 6.07 Å². The lowest BCUT2D eigenvalue weighted by Gasteiger charge is -2.34. The van der Waals surface area contributed by atoms with Gasteiger partial charge in [0.2, 0.25) is 0 Å².